The molecule has 0 bridgehead atoms. The maximum atomic E-state index is 13.0. The molecule has 0 saturated carbocycles. The molecule has 2 aromatic carbocycles. The van der Waals surface area contributed by atoms with E-state index in [2.05, 4.69) is 67.6 Å². The zero-order valence-corrected chi connectivity index (χ0v) is 32.9. The van der Waals surface area contributed by atoms with Crippen LogP contribution in [-0.2, 0) is 48.7 Å². The summed E-state index contributed by atoms with van der Waals surface area (Å²) in [6.45, 7) is 15.1. The molecule has 3 aromatic heterocycles. The Kier molecular flexibility index (Phi) is 10.5. The molecular weight excluding hydrogens is 683 g/mol. The van der Waals surface area contributed by atoms with Crippen molar-refractivity contribution >= 4 is 31.1 Å². The molecular formula is C41H51N7O4Si. The monoisotopic (exact) mass is 733 g/mol. The van der Waals surface area contributed by atoms with Crippen LogP contribution >= 0.6 is 0 Å². The second-order valence-corrected chi connectivity index (χ2v) is 21.9. The van der Waals surface area contributed by atoms with E-state index in [9.17, 15) is 4.79 Å². The number of hydrogen-bond acceptors (Lipinski definition) is 9. The summed E-state index contributed by atoms with van der Waals surface area (Å²) >= 11 is 0. The maximum Gasteiger partial charge on any atom is 0.410 e. The first-order valence-electron chi connectivity index (χ1n) is 18.6. The molecule has 2 aliphatic rings. The molecule has 7 rings (SSSR count). The molecule has 0 atom stereocenters. The second kappa shape index (κ2) is 15.3. The van der Waals surface area contributed by atoms with E-state index in [4.69, 9.17) is 29.2 Å². The summed E-state index contributed by atoms with van der Waals surface area (Å²) in [5.41, 5.74) is 8.11. The van der Waals surface area contributed by atoms with Gasteiger partial charge in [0.2, 0.25) is 0 Å². The van der Waals surface area contributed by atoms with Crippen molar-refractivity contribution in [2.75, 3.05) is 31.7 Å². The van der Waals surface area contributed by atoms with E-state index in [1.54, 1.807) is 13.4 Å². The van der Waals surface area contributed by atoms with E-state index in [-0.39, 0.29) is 18.6 Å². The molecule has 0 radical (unpaired) electrons. The molecule has 53 heavy (non-hydrogen) atoms. The number of fused-ring (bicyclic) bond motifs is 3. The normalized spacial score (nSPS) is 15.3. The highest BCUT2D eigenvalue weighted by Gasteiger charge is 2.31. The topological polar surface area (TPSA) is 108 Å². The Hall–Kier alpha value is -4.81. The minimum Gasteiger partial charge on any atom is -0.491 e. The van der Waals surface area contributed by atoms with Crippen LogP contribution in [0.4, 0.5) is 10.6 Å². The van der Waals surface area contributed by atoms with E-state index >= 15 is 0 Å². The van der Waals surface area contributed by atoms with Crippen molar-refractivity contribution < 1.29 is 19.0 Å². The molecule has 11 nitrogen and oxygen atoms in total. The van der Waals surface area contributed by atoms with Gasteiger partial charge in [-0.25, -0.2) is 24.7 Å². The van der Waals surface area contributed by atoms with Crippen LogP contribution in [0.1, 0.15) is 48.5 Å². The van der Waals surface area contributed by atoms with Crippen molar-refractivity contribution in [2.45, 2.75) is 85.2 Å². The average Bonchev–Trinajstić information content (AvgIpc) is 3.32. The summed E-state index contributed by atoms with van der Waals surface area (Å²) in [7, 11) is 0.450. The van der Waals surface area contributed by atoms with Crippen molar-refractivity contribution in [2.24, 2.45) is 5.41 Å². The van der Waals surface area contributed by atoms with Gasteiger partial charge in [0.1, 0.15) is 49.2 Å². The maximum absolute atomic E-state index is 13.0. The Labute approximate surface area is 313 Å². The fraction of sp³-hybridized carbons (Fsp3) is 0.439. The number of amides is 1. The molecule has 4 heterocycles. The molecule has 0 saturated heterocycles. The van der Waals surface area contributed by atoms with E-state index in [0.29, 0.717) is 38.0 Å². The van der Waals surface area contributed by atoms with Crippen LogP contribution in [-0.4, -0.2) is 70.4 Å². The number of aromatic nitrogens is 5. The average molecular weight is 734 g/mol. The van der Waals surface area contributed by atoms with Gasteiger partial charge in [0, 0.05) is 56.9 Å². The Balaban J connectivity index is 1.14. The van der Waals surface area contributed by atoms with E-state index in [0.717, 1.165) is 71.2 Å². The molecule has 0 unspecified atom stereocenters. The van der Waals surface area contributed by atoms with Gasteiger partial charge < -0.3 is 24.0 Å². The number of pyridine rings is 1. The Morgan fingerprint density at radius 3 is 2.68 bits per heavy atom. The molecule has 1 aliphatic carbocycles. The predicted octanol–water partition coefficient (Wildman–Crippen LogP) is 7.88. The van der Waals surface area contributed by atoms with Crippen molar-refractivity contribution in [1.29, 1.82) is 0 Å². The molecule has 0 N–H and O–H groups in total. The highest BCUT2D eigenvalue weighted by Crippen LogP contribution is 2.39. The van der Waals surface area contributed by atoms with Gasteiger partial charge in [-0.2, -0.15) is 0 Å². The molecule has 12 heteroatoms. The lowest BCUT2D eigenvalue weighted by Gasteiger charge is -2.33. The predicted molar refractivity (Wildman–Crippen MR) is 210 cm³/mol. The standard InChI is InChI=1S/C41H51N7O4Si/c1-41(2)15-14-34-33(22-41)38(44-27-43-34)47-16-17-51-36-13-12-30(20-32(36)24-47)31-21-35-39(42-23-31)48(28-50-18-19-53(4,5)6)37(45-35)25-46(3)40(49)52-26-29-10-8-7-9-11-29/h7-13,20-21,23,27H,14-19,22,24-26,28H2,1-6H3. The van der Waals surface area contributed by atoms with E-state index in [1.807, 2.05) is 41.1 Å². The number of nitrogens with zero attached hydrogens (tertiary/aromatic N) is 7. The van der Waals surface area contributed by atoms with Crippen molar-refractivity contribution in [3.8, 4) is 16.9 Å². The molecule has 1 amide bonds. The lowest BCUT2D eigenvalue weighted by Crippen LogP contribution is -2.31. The first-order chi connectivity index (χ1) is 25.4. The summed E-state index contributed by atoms with van der Waals surface area (Å²) in [6, 6.07) is 19.1. The quantitative estimate of drug-likeness (QED) is 0.0990. The summed E-state index contributed by atoms with van der Waals surface area (Å²) in [4.78, 5) is 36.3. The zero-order valence-electron chi connectivity index (χ0n) is 31.9. The first-order valence-corrected chi connectivity index (χ1v) is 22.3. The zero-order chi connectivity index (χ0) is 37.2. The van der Waals surface area contributed by atoms with E-state index in [1.165, 1.54) is 16.2 Å². The van der Waals surface area contributed by atoms with Crippen LogP contribution in [0.2, 0.25) is 25.7 Å². The van der Waals surface area contributed by atoms with Gasteiger partial charge in [-0.3, -0.25) is 4.57 Å². The van der Waals surface area contributed by atoms with Crippen molar-refractivity contribution in [3.05, 3.63) is 95.3 Å². The van der Waals surface area contributed by atoms with Crippen molar-refractivity contribution in [3.63, 3.8) is 0 Å². The number of carbonyl (C=O) groups is 1. The third kappa shape index (κ3) is 8.71. The number of imidazole rings is 1. The van der Waals surface area contributed by atoms with Gasteiger partial charge in [0.05, 0.1) is 13.1 Å². The van der Waals surface area contributed by atoms with Crippen LogP contribution in [0.15, 0.2) is 67.1 Å². The molecule has 5 aromatic rings. The van der Waals surface area contributed by atoms with Crippen LogP contribution in [0, 0.1) is 5.41 Å². The minimum atomic E-state index is -1.27. The van der Waals surface area contributed by atoms with Gasteiger partial charge in [0.15, 0.2) is 5.65 Å². The Morgan fingerprint density at radius 2 is 1.87 bits per heavy atom. The number of carbonyl (C=O) groups excluding carboxylic acids is 1. The van der Waals surface area contributed by atoms with Crippen LogP contribution in [0.3, 0.4) is 0 Å². The molecule has 0 spiro atoms. The highest BCUT2D eigenvalue weighted by molar-refractivity contribution is 6.76. The number of aryl methyl sites for hydroxylation is 1. The van der Waals surface area contributed by atoms with Gasteiger partial charge in [-0.05, 0) is 60.0 Å². The molecule has 0 fully saturated rings. The number of ether oxygens (including phenoxy) is 3. The van der Waals surface area contributed by atoms with Crippen LogP contribution in [0.25, 0.3) is 22.3 Å². The lowest BCUT2D eigenvalue weighted by molar-refractivity contribution is 0.0821. The minimum absolute atomic E-state index is 0.203. The van der Waals surface area contributed by atoms with Gasteiger partial charge in [0.25, 0.3) is 0 Å². The number of hydrogen-bond donors (Lipinski definition) is 0. The van der Waals surface area contributed by atoms with E-state index < -0.39 is 14.2 Å². The number of anilines is 1. The number of rotatable bonds is 11. The second-order valence-electron chi connectivity index (χ2n) is 16.3. The fourth-order valence-electron chi connectivity index (χ4n) is 7.00. The third-order valence-corrected chi connectivity index (χ3v) is 11.9. The van der Waals surface area contributed by atoms with Crippen molar-refractivity contribution in [1.82, 2.24) is 29.4 Å². The third-order valence-electron chi connectivity index (χ3n) is 10.2. The van der Waals surface area contributed by atoms with Gasteiger partial charge in [-0.1, -0.05) is 69.9 Å². The van der Waals surface area contributed by atoms with Crippen LogP contribution in [0.5, 0.6) is 5.75 Å². The SMILES string of the molecule is CN(Cc1nc2cc(-c3ccc4c(c3)CN(c3ncnc5c3CC(C)(C)CC5)CCO4)cnc2n1COCC[Si](C)(C)C)C(=O)OCc1ccccc1. The summed E-state index contributed by atoms with van der Waals surface area (Å²) in [5.74, 6) is 2.59. The lowest BCUT2D eigenvalue weighted by atomic mass is 9.76. The smallest absolute Gasteiger partial charge is 0.410 e. The summed E-state index contributed by atoms with van der Waals surface area (Å²) < 4.78 is 20.0. The summed E-state index contributed by atoms with van der Waals surface area (Å²) in [6.07, 6.45) is 6.27. The summed E-state index contributed by atoms with van der Waals surface area (Å²) in [5, 5.41) is 0. The first kappa shape index (κ1) is 36.5. The van der Waals surface area contributed by atoms with Crippen LogP contribution < -0.4 is 9.64 Å². The molecule has 1 aliphatic heterocycles. The number of benzene rings is 2. The Morgan fingerprint density at radius 1 is 1.04 bits per heavy atom. The largest absolute Gasteiger partial charge is 0.491 e. The highest BCUT2D eigenvalue weighted by atomic mass is 28.3. The fourth-order valence-corrected chi connectivity index (χ4v) is 7.75. The Bertz CT molecular complexity index is 2080. The molecule has 278 valence electrons. The van der Waals surface area contributed by atoms with Gasteiger partial charge >= 0.3 is 6.09 Å². The van der Waals surface area contributed by atoms with Gasteiger partial charge in [-0.15, -0.1) is 0 Å².